The van der Waals surface area contributed by atoms with Crippen LogP contribution in [0.4, 0.5) is 18.9 Å². The van der Waals surface area contributed by atoms with Gasteiger partial charge in [-0.25, -0.2) is 17.6 Å². The van der Waals surface area contributed by atoms with Crippen molar-refractivity contribution in [2.45, 2.75) is 5.76 Å². The SMILES string of the molecule is O=C(O)c1c(F)cccc1NS(=O)(=O)C(F)F. The minimum Gasteiger partial charge on any atom is -0.478 e. The van der Waals surface area contributed by atoms with E-state index in [4.69, 9.17) is 5.11 Å². The predicted molar refractivity (Wildman–Crippen MR) is 51.9 cm³/mol. The lowest BCUT2D eigenvalue weighted by Crippen LogP contribution is -2.22. The topological polar surface area (TPSA) is 83.5 Å². The summed E-state index contributed by atoms with van der Waals surface area (Å²) in [6.45, 7) is 0. The Morgan fingerprint density at radius 2 is 1.94 bits per heavy atom. The maximum absolute atomic E-state index is 13.1. The van der Waals surface area contributed by atoms with E-state index in [0.717, 1.165) is 18.2 Å². The highest BCUT2D eigenvalue weighted by Gasteiger charge is 2.26. The third kappa shape index (κ3) is 2.87. The molecule has 0 heterocycles. The second kappa shape index (κ2) is 4.62. The van der Waals surface area contributed by atoms with Gasteiger partial charge in [-0.05, 0) is 12.1 Å². The number of alkyl halides is 2. The fraction of sp³-hybridized carbons (Fsp3) is 0.125. The van der Waals surface area contributed by atoms with Crippen LogP contribution < -0.4 is 4.72 Å². The first-order chi connectivity index (χ1) is 7.75. The monoisotopic (exact) mass is 269 g/mol. The van der Waals surface area contributed by atoms with E-state index in [1.165, 1.54) is 4.72 Å². The fourth-order valence-corrected chi connectivity index (χ4v) is 1.59. The Kier molecular flexibility index (Phi) is 3.61. The molecule has 5 nitrogen and oxygen atoms in total. The minimum absolute atomic E-state index is 0.752. The van der Waals surface area contributed by atoms with E-state index in [2.05, 4.69) is 0 Å². The molecule has 0 aliphatic carbocycles. The van der Waals surface area contributed by atoms with Crippen molar-refractivity contribution >= 4 is 21.7 Å². The first kappa shape index (κ1) is 13.3. The number of carbonyl (C=O) groups is 1. The number of carboxylic acid groups (broad SMARTS) is 1. The normalized spacial score (nSPS) is 11.5. The van der Waals surface area contributed by atoms with Gasteiger partial charge in [-0.15, -0.1) is 0 Å². The zero-order valence-corrected chi connectivity index (χ0v) is 8.84. The van der Waals surface area contributed by atoms with Gasteiger partial charge in [0.15, 0.2) is 0 Å². The zero-order chi connectivity index (χ0) is 13.2. The molecule has 0 aliphatic heterocycles. The van der Waals surface area contributed by atoms with Crippen molar-refractivity contribution in [2.75, 3.05) is 4.72 Å². The molecule has 1 rings (SSSR count). The summed E-state index contributed by atoms with van der Waals surface area (Å²) in [7, 11) is -5.04. The molecule has 0 aromatic heterocycles. The van der Waals surface area contributed by atoms with Gasteiger partial charge < -0.3 is 5.11 Å². The summed E-state index contributed by atoms with van der Waals surface area (Å²) in [5.41, 5.74) is -1.77. The summed E-state index contributed by atoms with van der Waals surface area (Å²) in [5.74, 6) is -6.74. The molecule has 0 unspecified atom stereocenters. The average Bonchev–Trinajstić information content (AvgIpc) is 2.15. The molecule has 94 valence electrons. The van der Waals surface area contributed by atoms with Gasteiger partial charge in [0.05, 0.1) is 5.69 Å². The molecule has 0 saturated heterocycles. The van der Waals surface area contributed by atoms with E-state index >= 15 is 0 Å². The van der Waals surface area contributed by atoms with Gasteiger partial charge in [0.2, 0.25) is 0 Å². The van der Waals surface area contributed by atoms with E-state index in [9.17, 15) is 26.4 Å². The Morgan fingerprint density at radius 1 is 1.35 bits per heavy atom. The third-order valence-corrected chi connectivity index (χ3v) is 2.69. The molecule has 0 radical (unpaired) electrons. The Balaban J connectivity index is 3.25. The lowest BCUT2D eigenvalue weighted by molar-refractivity contribution is 0.0693. The fourth-order valence-electron chi connectivity index (χ4n) is 1.02. The quantitative estimate of drug-likeness (QED) is 0.867. The summed E-state index contributed by atoms with van der Waals surface area (Å²) in [6, 6.07) is 2.63. The molecule has 0 aliphatic rings. The largest absolute Gasteiger partial charge is 0.478 e. The van der Waals surface area contributed by atoms with Crippen molar-refractivity contribution in [2.24, 2.45) is 0 Å². The first-order valence-corrected chi connectivity index (χ1v) is 5.62. The highest BCUT2D eigenvalue weighted by atomic mass is 32.2. The molecule has 0 saturated carbocycles. The van der Waals surface area contributed by atoms with Gasteiger partial charge in [-0.3, -0.25) is 4.72 Å². The van der Waals surface area contributed by atoms with Crippen molar-refractivity contribution in [3.63, 3.8) is 0 Å². The van der Waals surface area contributed by atoms with Crippen LogP contribution in [-0.2, 0) is 10.0 Å². The number of halogens is 3. The molecular weight excluding hydrogens is 263 g/mol. The van der Waals surface area contributed by atoms with Crippen molar-refractivity contribution in [3.05, 3.63) is 29.6 Å². The van der Waals surface area contributed by atoms with Crippen molar-refractivity contribution in [1.29, 1.82) is 0 Å². The highest BCUT2D eigenvalue weighted by Crippen LogP contribution is 2.21. The molecule has 1 aromatic carbocycles. The number of benzene rings is 1. The summed E-state index contributed by atoms with van der Waals surface area (Å²) in [5, 5.41) is 8.62. The number of rotatable bonds is 4. The van der Waals surface area contributed by atoms with E-state index in [-0.39, 0.29) is 0 Å². The predicted octanol–water partition coefficient (Wildman–Crippen LogP) is 1.49. The number of aromatic carboxylic acids is 1. The molecule has 0 bridgehead atoms. The summed E-state index contributed by atoms with van der Waals surface area (Å²) in [4.78, 5) is 10.6. The number of nitrogens with one attached hydrogen (secondary N) is 1. The third-order valence-electron chi connectivity index (χ3n) is 1.71. The Labute approximate surface area is 93.9 Å². The summed E-state index contributed by atoms with van der Waals surface area (Å²) < 4.78 is 60.1. The first-order valence-electron chi connectivity index (χ1n) is 4.07. The highest BCUT2D eigenvalue weighted by molar-refractivity contribution is 7.93. The number of hydrogen-bond donors (Lipinski definition) is 2. The molecule has 0 atom stereocenters. The van der Waals surface area contributed by atoms with Gasteiger partial charge in [-0.1, -0.05) is 6.07 Å². The van der Waals surface area contributed by atoms with Gasteiger partial charge >= 0.3 is 11.7 Å². The van der Waals surface area contributed by atoms with Crippen LogP contribution in [0.15, 0.2) is 18.2 Å². The maximum atomic E-state index is 13.1. The summed E-state index contributed by atoms with van der Waals surface area (Å²) in [6.07, 6.45) is 0. The number of hydrogen-bond acceptors (Lipinski definition) is 3. The van der Waals surface area contributed by atoms with E-state index < -0.39 is 38.8 Å². The second-order valence-corrected chi connectivity index (χ2v) is 4.53. The molecule has 2 N–H and O–H groups in total. The number of anilines is 1. The number of carboxylic acids is 1. The van der Waals surface area contributed by atoms with E-state index in [1.54, 1.807) is 0 Å². The lowest BCUT2D eigenvalue weighted by atomic mass is 10.2. The second-order valence-electron chi connectivity index (χ2n) is 2.88. The Bertz CT molecular complexity index is 544. The van der Waals surface area contributed by atoms with E-state index in [1.807, 2.05) is 0 Å². The average molecular weight is 269 g/mol. The minimum atomic E-state index is -5.04. The van der Waals surface area contributed by atoms with Crippen LogP contribution in [0, 0.1) is 5.82 Å². The van der Waals surface area contributed by atoms with Crippen LogP contribution in [-0.4, -0.2) is 25.3 Å². The summed E-state index contributed by atoms with van der Waals surface area (Å²) >= 11 is 0. The standard InChI is InChI=1S/C8H6F3NO4S/c9-4-2-1-3-5(6(4)7(13)14)12-17(15,16)8(10)11/h1-3,8,12H,(H,13,14). The maximum Gasteiger partial charge on any atom is 0.355 e. The van der Waals surface area contributed by atoms with Crippen molar-refractivity contribution < 1.29 is 31.5 Å². The van der Waals surface area contributed by atoms with Crippen LogP contribution >= 0.6 is 0 Å². The van der Waals surface area contributed by atoms with Gasteiger partial charge in [0.1, 0.15) is 11.4 Å². The lowest BCUT2D eigenvalue weighted by Gasteiger charge is -2.09. The molecule has 1 aromatic rings. The Hall–Kier alpha value is -1.77. The van der Waals surface area contributed by atoms with Crippen molar-refractivity contribution in [1.82, 2.24) is 0 Å². The van der Waals surface area contributed by atoms with Crippen LogP contribution in [0.3, 0.4) is 0 Å². The van der Waals surface area contributed by atoms with Gasteiger partial charge in [0.25, 0.3) is 10.0 Å². The molecular formula is C8H6F3NO4S. The molecule has 17 heavy (non-hydrogen) atoms. The molecule has 0 fully saturated rings. The smallest absolute Gasteiger partial charge is 0.355 e. The van der Waals surface area contributed by atoms with Crippen molar-refractivity contribution in [3.8, 4) is 0 Å². The Morgan fingerprint density at radius 3 is 2.41 bits per heavy atom. The van der Waals surface area contributed by atoms with E-state index in [0.29, 0.717) is 0 Å². The molecule has 0 amide bonds. The molecule has 0 spiro atoms. The van der Waals surface area contributed by atoms with Crippen LogP contribution in [0.25, 0.3) is 0 Å². The van der Waals surface area contributed by atoms with Gasteiger partial charge in [0, 0.05) is 0 Å². The van der Waals surface area contributed by atoms with Crippen LogP contribution in [0.5, 0.6) is 0 Å². The van der Waals surface area contributed by atoms with Gasteiger partial charge in [-0.2, -0.15) is 8.78 Å². The van der Waals surface area contributed by atoms with Crippen LogP contribution in [0.1, 0.15) is 10.4 Å². The number of sulfonamides is 1. The zero-order valence-electron chi connectivity index (χ0n) is 8.02. The molecule has 9 heteroatoms. The van der Waals surface area contributed by atoms with Crippen LogP contribution in [0.2, 0.25) is 0 Å².